The van der Waals surface area contributed by atoms with E-state index < -0.39 is 0 Å². The van der Waals surface area contributed by atoms with E-state index >= 15 is 0 Å². The monoisotopic (exact) mass is 265 g/mol. The number of nitrogen functional groups attached to an aromatic ring is 1. The molecule has 0 radical (unpaired) electrons. The molecule has 2 heterocycles. The first kappa shape index (κ1) is 12.4. The molecule has 0 aliphatic rings. The molecule has 0 atom stereocenters. The van der Waals surface area contributed by atoms with Gasteiger partial charge in [0.25, 0.3) is 0 Å². The third kappa shape index (κ3) is 2.40. The van der Waals surface area contributed by atoms with E-state index in [0.29, 0.717) is 12.4 Å². The predicted molar refractivity (Wildman–Crippen MR) is 79.5 cm³/mol. The number of ether oxygens (including phenoxy) is 1. The topological polar surface area (TPSA) is 61.0 Å². The highest BCUT2D eigenvalue weighted by molar-refractivity contribution is 5.87. The number of pyridine rings is 2. The fourth-order valence-corrected chi connectivity index (χ4v) is 2.15. The largest absolute Gasteiger partial charge is 0.487 e. The van der Waals surface area contributed by atoms with Crippen LogP contribution < -0.4 is 10.5 Å². The lowest BCUT2D eigenvalue weighted by Crippen LogP contribution is -1.99. The van der Waals surface area contributed by atoms with Gasteiger partial charge in [-0.25, -0.2) is 4.98 Å². The van der Waals surface area contributed by atoms with Crippen molar-refractivity contribution in [1.29, 1.82) is 0 Å². The van der Waals surface area contributed by atoms with Crippen LogP contribution in [-0.2, 0) is 6.61 Å². The van der Waals surface area contributed by atoms with Gasteiger partial charge in [0.15, 0.2) is 0 Å². The number of nitrogens with two attached hydrogens (primary N) is 1. The van der Waals surface area contributed by atoms with E-state index in [4.69, 9.17) is 10.5 Å². The first-order chi connectivity index (χ1) is 9.74. The summed E-state index contributed by atoms with van der Waals surface area (Å²) in [5, 5.41) is 1.11. The second kappa shape index (κ2) is 5.17. The van der Waals surface area contributed by atoms with Crippen molar-refractivity contribution in [3.63, 3.8) is 0 Å². The second-order valence-electron chi connectivity index (χ2n) is 4.66. The average Bonchev–Trinajstić information content (AvgIpc) is 2.47. The van der Waals surface area contributed by atoms with Crippen molar-refractivity contribution in [2.24, 2.45) is 0 Å². The second-order valence-corrected chi connectivity index (χ2v) is 4.66. The number of hydrogen-bond donors (Lipinski definition) is 1. The molecule has 4 nitrogen and oxygen atoms in total. The van der Waals surface area contributed by atoms with Crippen LogP contribution in [0.1, 0.15) is 11.1 Å². The van der Waals surface area contributed by atoms with Crippen molar-refractivity contribution in [3.8, 4) is 5.75 Å². The van der Waals surface area contributed by atoms with Gasteiger partial charge >= 0.3 is 0 Å². The van der Waals surface area contributed by atoms with Crippen LogP contribution >= 0.6 is 0 Å². The Morgan fingerprint density at radius 2 is 2.00 bits per heavy atom. The Morgan fingerprint density at radius 1 is 1.10 bits per heavy atom. The highest BCUT2D eigenvalue weighted by Gasteiger charge is 2.06. The minimum Gasteiger partial charge on any atom is -0.487 e. The van der Waals surface area contributed by atoms with Gasteiger partial charge in [-0.2, -0.15) is 0 Å². The van der Waals surface area contributed by atoms with Crippen molar-refractivity contribution in [2.45, 2.75) is 13.5 Å². The Bertz CT molecular complexity index is 756. The summed E-state index contributed by atoms with van der Waals surface area (Å²) in [6.07, 6.45) is 3.46. The maximum absolute atomic E-state index is 5.87. The summed E-state index contributed by atoms with van der Waals surface area (Å²) in [6.45, 7) is 2.51. The Kier molecular flexibility index (Phi) is 3.21. The van der Waals surface area contributed by atoms with Gasteiger partial charge in [0.2, 0.25) is 0 Å². The van der Waals surface area contributed by atoms with Gasteiger partial charge in [-0.15, -0.1) is 0 Å². The number of aromatic nitrogens is 2. The zero-order valence-corrected chi connectivity index (χ0v) is 11.2. The summed E-state index contributed by atoms with van der Waals surface area (Å²) in [5.41, 5.74) is 8.72. The van der Waals surface area contributed by atoms with Crippen molar-refractivity contribution >= 4 is 16.7 Å². The zero-order chi connectivity index (χ0) is 13.9. The number of nitrogens with zero attached hydrogens (tertiary/aromatic N) is 2. The lowest BCUT2D eigenvalue weighted by atomic mass is 10.1. The number of benzene rings is 1. The normalized spacial score (nSPS) is 10.7. The maximum Gasteiger partial charge on any atom is 0.146 e. The molecule has 4 heteroatoms. The van der Waals surface area contributed by atoms with E-state index in [9.17, 15) is 0 Å². The third-order valence-corrected chi connectivity index (χ3v) is 3.19. The summed E-state index contributed by atoms with van der Waals surface area (Å²) in [7, 11) is 0. The number of aryl methyl sites for hydroxylation is 1. The van der Waals surface area contributed by atoms with E-state index in [0.717, 1.165) is 22.2 Å². The average molecular weight is 265 g/mol. The first-order valence-corrected chi connectivity index (χ1v) is 6.41. The van der Waals surface area contributed by atoms with Crippen LogP contribution in [0, 0.1) is 6.92 Å². The highest BCUT2D eigenvalue weighted by Crippen LogP contribution is 2.26. The molecule has 0 amide bonds. The molecule has 20 heavy (non-hydrogen) atoms. The van der Waals surface area contributed by atoms with Crippen LogP contribution in [-0.4, -0.2) is 9.97 Å². The predicted octanol–water partition coefficient (Wildman–Crippen LogP) is 3.10. The fraction of sp³-hybridized carbons (Fsp3) is 0.125. The summed E-state index contributed by atoms with van der Waals surface area (Å²) in [5.74, 6) is 1.28. The number of hydrogen-bond acceptors (Lipinski definition) is 4. The van der Waals surface area contributed by atoms with Crippen LogP contribution in [0.3, 0.4) is 0 Å². The highest BCUT2D eigenvalue weighted by atomic mass is 16.5. The summed E-state index contributed by atoms with van der Waals surface area (Å²) in [6, 6.07) is 11.7. The molecule has 0 spiro atoms. The Balaban J connectivity index is 1.90. The van der Waals surface area contributed by atoms with E-state index in [1.54, 1.807) is 12.4 Å². The van der Waals surface area contributed by atoms with Gasteiger partial charge in [-0.3, -0.25) is 4.98 Å². The van der Waals surface area contributed by atoms with Crippen LogP contribution in [0.2, 0.25) is 0 Å². The summed E-state index contributed by atoms with van der Waals surface area (Å²) < 4.78 is 5.87. The standard InChI is InChI=1S/C16H15N3O/c1-11-4-5-14(16-13(11)3-2-7-19-16)20-10-12-6-8-18-15(17)9-12/h2-9H,10H2,1H3,(H2,17,18). The van der Waals surface area contributed by atoms with Crippen molar-refractivity contribution in [2.75, 3.05) is 5.73 Å². The molecule has 0 bridgehead atoms. The third-order valence-electron chi connectivity index (χ3n) is 3.19. The zero-order valence-electron chi connectivity index (χ0n) is 11.2. The molecule has 0 saturated heterocycles. The molecule has 100 valence electrons. The molecule has 0 aliphatic carbocycles. The SMILES string of the molecule is Cc1ccc(OCc2ccnc(N)c2)c2ncccc12. The molecule has 3 rings (SSSR count). The number of fused-ring (bicyclic) bond motifs is 1. The van der Waals surface area contributed by atoms with Gasteiger partial charge in [0, 0.05) is 17.8 Å². The molecule has 0 unspecified atom stereocenters. The maximum atomic E-state index is 5.87. The quantitative estimate of drug-likeness (QED) is 0.790. The van der Waals surface area contributed by atoms with Gasteiger partial charge < -0.3 is 10.5 Å². The van der Waals surface area contributed by atoms with Crippen molar-refractivity contribution < 1.29 is 4.74 Å². The first-order valence-electron chi connectivity index (χ1n) is 6.41. The Labute approximate surface area is 117 Å². The van der Waals surface area contributed by atoms with E-state index in [2.05, 4.69) is 23.0 Å². The molecule has 1 aromatic carbocycles. The number of anilines is 1. The molecule has 0 fully saturated rings. The van der Waals surface area contributed by atoms with Crippen molar-refractivity contribution in [3.05, 3.63) is 59.9 Å². The van der Waals surface area contributed by atoms with Gasteiger partial charge in [0.05, 0.1) is 0 Å². The molecular weight excluding hydrogens is 250 g/mol. The van der Waals surface area contributed by atoms with Crippen LogP contribution in [0.25, 0.3) is 10.9 Å². The summed E-state index contributed by atoms with van der Waals surface area (Å²) >= 11 is 0. The van der Waals surface area contributed by atoms with Gasteiger partial charge in [-0.05, 0) is 42.3 Å². The van der Waals surface area contributed by atoms with E-state index in [1.165, 1.54) is 5.56 Å². The van der Waals surface area contributed by atoms with Gasteiger partial charge in [-0.1, -0.05) is 12.1 Å². The lowest BCUT2D eigenvalue weighted by Gasteiger charge is -2.10. The summed E-state index contributed by atoms with van der Waals surface area (Å²) in [4.78, 5) is 8.38. The minimum atomic E-state index is 0.446. The van der Waals surface area contributed by atoms with E-state index in [1.807, 2.05) is 30.3 Å². The molecule has 2 aromatic heterocycles. The van der Waals surface area contributed by atoms with Crippen LogP contribution in [0.5, 0.6) is 5.75 Å². The Hall–Kier alpha value is -2.62. The van der Waals surface area contributed by atoms with Crippen LogP contribution in [0.15, 0.2) is 48.8 Å². The smallest absolute Gasteiger partial charge is 0.146 e. The number of rotatable bonds is 3. The van der Waals surface area contributed by atoms with Crippen molar-refractivity contribution in [1.82, 2.24) is 9.97 Å². The lowest BCUT2D eigenvalue weighted by molar-refractivity contribution is 0.309. The molecular formula is C16H15N3O. The Morgan fingerprint density at radius 3 is 2.85 bits per heavy atom. The minimum absolute atomic E-state index is 0.446. The van der Waals surface area contributed by atoms with Gasteiger partial charge in [0.1, 0.15) is 23.7 Å². The molecule has 3 aromatic rings. The molecule has 0 saturated carbocycles. The fourth-order valence-electron chi connectivity index (χ4n) is 2.15. The van der Waals surface area contributed by atoms with Crippen LogP contribution in [0.4, 0.5) is 5.82 Å². The van der Waals surface area contributed by atoms with E-state index in [-0.39, 0.29) is 0 Å². The molecule has 0 aliphatic heterocycles. The molecule has 2 N–H and O–H groups in total.